The minimum absolute atomic E-state index is 0.580. The topological polar surface area (TPSA) is 12.9 Å². The second-order valence-corrected chi connectivity index (χ2v) is 5.14. The molecule has 0 aliphatic heterocycles. The van der Waals surface area contributed by atoms with E-state index in [2.05, 4.69) is 36.8 Å². The Labute approximate surface area is 118 Å². The highest BCUT2D eigenvalue weighted by Crippen LogP contribution is 2.35. The molecule has 0 bridgehead atoms. The zero-order chi connectivity index (χ0) is 13.3. The molecule has 1 heterocycles. The van der Waals surface area contributed by atoms with Crippen molar-refractivity contribution in [2.45, 2.75) is 6.18 Å². The third-order valence-electron chi connectivity index (χ3n) is 2.35. The van der Waals surface area contributed by atoms with Crippen molar-refractivity contribution < 1.29 is 13.2 Å². The van der Waals surface area contributed by atoms with Crippen LogP contribution in [0.3, 0.4) is 0 Å². The number of nitrogens with zero attached hydrogens (tertiary/aromatic N) is 1. The van der Waals surface area contributed by atoms with Crippen molar-refractivity contribution in [1.82, 2.24) is 4.98 Å². The molecule has 1 aromatic carbocycles. The van der Waals surface area contributed by atoms with Crippen LogP contribution in [0, 0.1) is 0 Å². The molecule has 0 fully saturated rings. The fourth-order valence-corrected chi connectivity index (χ4v) is 2.86. The molecule has 0 radical (unpaired) electrons. The minimum atomic E-state index is -4.32. The van der Waals surface area contributed by atoms with E-state index in [1.54, 1.807) is 12.3 Å². The van der Waals surface area contributed by atoms with Gasteiger partial charge in [0.25, 0.3) is 0 Å². The van der Waals surface area contributed by atoms with Crippen LogP contribution in [0.1, 0.15) is 5.56 Å². The molecule has 2 aromatic rings. The van der Waals surface area contributed by atoms with Crippen LogP contribution in [0.5, 0.6) is 0 Å². The summed E-state index contributed by atoms with van der Waals surface area (Å²) in [7, 11) is 0. The Morgan fingerprint density at radius 2 is 1.56 bits per heavy atom. The summed E-state index contributed by atoms with van der Waals surface area (Å²) in [6.45, 7) is 0. The third-order valence-corrected chi connectivity index (χ3v) is 3.62. The first-order chi connectivity index (χ1) is 8.39. The number of pyridine rings is 1. The molecule has 18 heavy (non-hydrogen) atoms. The highest BCUT2D eigenvalue weighted by Gasteiger charge is 2.30. The van der Waals surface area contributed by atoms with Gasteiger partial charge in [0.2, 0.25) is 0 Å². The van der Waals surface area contributed by atoms with Crippen LogP contribution in [0.2, 0.25) is 0 Å². The Balaban J connectivity index is 2.47. The number of hydrogen-bond donors (Lipinski definition) is 0. The average molecular weight is 381 g/mol. The molecule has 2 rings (SSSR count). The summed E-state index contributed by atoms with van der Waals surface area (Å²) in [4.78, 5) is 4.05. The summed E-state index contributed by atoms with van der Waals surface area (Å²) >= 11 is 6.63. The molecule has 1 nitrogen and oxygen atoms in total. The van der Waals surface area contributed by atoms with Crippen LogP contribution >= 0.6 is 31.9 Å². The molecule has 0 N–H and O–H groups in total. The van der Waals surface area contributed by atoms with Crippen molar-refractivity contribution in [1.29, 1.82) is 0 Å². The summed E-state index contributed by atoms with van der Waals surface area (Å²) in [6.07, 6.45) is -2.72. The summed E-state index contributed by atoms with van der Waals surface area (Å²) in [5, 5.41) is 0. The molecule has 6 heteroatoms. The SMILES string of the molecule is FC(F)(F)c1ccc(-c2c(Br)ccnc2Br)cc1. The predicted octanol–water partition coefficient (Wildman–Crippen LogP) is 5.29. The molecular weight excluding hydrogens is 375 g/mol. The largest absolute Gasteiger partial charge is 0.416 e. The van der Waals surface area contributed by atoms with E-state index >= 15 is 0 Å². The number of rotatable bonds is 1. The highest BCUT2D eigenvalue weighted by atomic mass is 79.9. The van der Waals surface area contributed by atoms with Gasteiger partial charge < -0.3 is 0 Å². The number of halogens is 5. The zero-order valence-electron chi connectivity index (χ0n) is 8.80. The zero-order valence-corrected chi connectivity index (χ0v) is 12.0. The van der Waals surface area contributed by atoms with Gasteiger partial charge in [0.05, 0.1) is 5.56 Å². The first kappa shape index (κ1) is 13.5. The number of aromatic nitrogens is 1. The van der Waals surface area contributed by atoms with Gasteiger partial charge in [0.15, 0.2) is 0 Å². The maximum absolute atomic E-state index is 12.4. The molecule has 0 spiro atoms. The van der Waals surface area contributed by atoms with E-state index in [0.29, 0.717) is 10.2 Å². The number of benzene rings is 1. The average Bonchev–Trinajstić information content (AvgIpc) is 2.28. The Bertz CT molecular complexity index is 544. The lowest BCUT2D eigenvalue weighted by Crippen LogP contribution is -2.04. The summed E-state index contributed by atoms with van der Waals surface area (Å²) in [6, 6.07) is 6.70. The summed E-state index contributed by atoms with van der Waals surface area (Å²) < 4.78 is 38.7. The van der Waals surface area contributed by atoms with Crippen LogP contribution < -0.4 is 0 Å². The molecular formula is C12H6Br2F3N. The van der Waals surface area contributed by atoms with Gasteiger partial charge in [-0.15, -0.1) is 0 Å². The van der Waals surface area contributed by atoms with E-state index in [1.807, 2.05) is 0 Å². The smallest absolute Gasteiger partial charge is 0.249 e. The monoisotopic (exact) mass is 379 g/mol. The van der Waals surface area contributed by atoms with E-state index in [9.17, 15) is 13.2 Å². The van der Waals surface area contributed by atoms with Crippen molar-refractivity contribution in [2.75, 3.05) is 0 Å². The highest BCUT2D eigenvalue weighted by molar-refractivity contribution is 9.11. The van der Waals surface area contributed by atoms with Crippen molar-refractivity contribution in [3.05, 3.63) is 51.2 Å². The Hall–Kier alpha value is -0.880. The molecule has 0 unspecified atom stereocenters. The molecule has 0 saturated carbocycles. The lowest BCUT2D eigenvalue weighted by atomic mass is 10.1. The van der Waals surface area contributed by atoms with E-state index < -0.39 is 11.7 Å². The minimum Gasteiger partial charge on any atom is -0.249 e. The van der Waals surface area contributed by atoms with Crippen molar-refractivity contribution in [3.8, 4) is 11.1 Å². The molecule has 0 saturated heterocycles. The van der Waals surface area contributed by atoms with Crippen molar-refractivity contribution in [3.63, 3.8) is 0 Å². The molecule has 1 aromatic heterocycles. The lowest BCUT2D eigenvalue weighted by molar-refractivity contribution is -0.137. The molecule has 0 aliphatic carbocycles. The summed E-state index contributed by atoms with van der Waals surface area (Å²) in [5.74, 6) is 0. The van der Waals surface area contributed by atoms with Gasteiger partial charge in [0.1, 0.15) is 4.60 Å². The molecule has 0 amide bonds. The maximum Gasteiger partial charge on any atom is 0.416 e. The Morgan fingerprint density at radius 3 is 2.06 bits per heavy atom. The van der Waals surface area contributed by atoms with Crippen LogP contribution in [-0.4, -0.2) is 4.98 Å². The molecule has 0 aliphatic rings. The van der Waals surface area contributed by atoms with Gasteiger partial charge in [-0.1, -0.05) is 12.1 Å². The fourth-order valence-electron chi connectivity index (χ4n) is 1.50. The quantitative estimate of drug-likeness (QED) is 0.612. The summed E-state index contributed by atoms with van der Waals surface area (Å²) in [5.41, 5.74) is 0.725. The van der Waals surface area contributed by atoms with Crippen molar-refractivity contribution in [2.24, 2.45) is 0 Å². The van der Waals surface area contributed by atoms with Gasteiger partial charge in [-0.25, -0.2) is 4.98 Å². The number of hydrogen-bond acceptors (Lipinski definition) is 1. The second kappa shape index (κ2) is 5.01. The first-order valence-electron chi connectivity index (χ1n) is 4.87. The Kier molecular flexibility index (Phi) is 3.77. The van der Waals surface area contributed by atoms with Gasteiger partial charge in [-0.05, 0) is 55.6 Å². The van der Waals surface area contributed by atoms with Crippen LogP contribution in [0.15, 0.2) is 45.6 Å². The Morgan fingerprint density at radius 1 is 0.944 bits per heavy atom. The second-order valence-electron chi connectivity index (χ2n) is 3.53. The normalized spacial score (nSPS) is 11.6. The lowest BCUT2D eigenvalue weighted by Gasteiger charge is -2.09. The molecule has 94 valence electrons. The van der Waals surface area contributed by atoms with Gasteiger partial charge in [0, 0.05) is 16.2 Å². The van der Waals surface area contributed by atoms with E-state index in [4.69, 9.17) is 0 Å². The van der Waals surface area contributed by atoms with Crippen molar-refractivity contribution >= 4 is 31.9 Å². The fraction of sp³-hybridized carbons (Fsp3) is 0.0833. The molecule has 0 atom stereocenters. The van der Waals surface area contributed by atoms with E-state index in [-0.39, 0.29) is 0 Å². The van der Waals surface area contributed by atoms with Crippen LogP contribution in [-0.2, 0) is 6.18 Å². The first-order valence-corrected chi connectivity index (χ1v) is 6.46. The van der Waals surface area contributed by atoms with E-state index in [0.717, 1.165) is 22.2 Å². The predicted molar refractivity (Wildman–Crippen MR) is 70.1 cm³/mol. The standard InChI is InChI=1S/C12H6Br2F3N/c13-9-5-6-18-11(14)10(9)7-1-3-8(4-2-7)12(15,16)17/h1-6H. The third kappa shape index (κ3) is 2.75. The number of alkyl halides is 3. The van der Waals surface area contributed by atoms with E-state index in [1.165, 1.54) is 12.1 Å². The van der Waals surface area contributed by atoms with Crippen LogP contribution in [0.25, 0.3) is 11.1 Å². The maximum atomic E-state index is 12.4. The van der Waals surface area contributed by atoms with Gasteiger partial charge in [-0.3, -0.25) is 0 Å². The van der Waals surface area contributed by atoms with Crippen LogP contribution in [0.4, 0.5) is 13.2 Å². The van der Waals surface area contributed by atoms with Gasteiger partial charge >= 0.3 is 6.18 Å². The van der Waals surface area contributed by atoms with Gasteiger partial charge in [-0.2, -0.15) is 13.2 Å².